The molecule has 0 aliphatic heterocycles. The zero-order valence-corrected chi connectivity index (χ0v) is 15.9. The van der Waals surface area contributed by atoms with E-state index in [1.165, 1.54) is 18.2 Å². The molecule has 0 aliphatic rings. The van der Waals surface area contributed by atoms with Gasteiger partial charge in [-0.05, 0) is 37.7 Å². The van der Waals surface area contributed by atoms with E-state index in [1.807, 2.05) is 0 Å². The molecule has 2 N–H and O–H groups in total. The standard InChI is InChI=1S/C19H21F2N3O5/c1-3-28-17-8-12(4-7-16(17)29-19(20)21)10-23(2)11-14-6-5-13(18(22)25)9-15(14)24(26)27/h4-9,19H,3,10-11H2,1-2H3,(H2,22,25). The van der Waals surface area contributed by atoms with E-state index in [1.54, 1.807) is 31.0 Å². The van der Waals surface area contributed by atoms with Gasteiger partial charge in [-0.1, -0.05) is 12.1 Å². The molecular formula is C19H21F2N3O5. The summed E-state index contributed by atoms with van der Waals surface area (Å²) < 4.78 is 34.8. The van der Waals surface area contributed by atoms with Gasteiger partial charge in [-0.2, -0.15) is 8.78 Å². The molecule has 0 aromatic heterocycles. The van der Waals surface area contributed by atoms with Crippen LogP contribution in [0.3, 0.4) is 0 Å². The van der Waals surface area contributed by atoms with Gasteiger partial charge in [0.25, 0.3) is 5.69 Å². The minimum absolute atomic E-state index is 0.0547. The Kier molecular flexibility index (Phi) is 7.43. The van der Waals surface area contributed by atoms with E-state index >= 15 is 0 Å². The number of nitrogens with zero attached hydrogens (tertiary/aromatic N) is 2. The molecule has 2 aromatic rings. The second kappa shape index (κ2) is 9.78. The molecule has 0 fully saturated rings. The van der Waals surface area contributed by atoms with Gasteiger partial charge in [0.05, 0.1) is 11.5 Å². The maximum Gasteiger partial charge on any atom is 0.387 e. The normalized spacial score (nSPS) is 11.0. The van der Waals surface area contributed by atoms with Crippen LogP contribution < -0.4 is 15.2 Å². The van der Waals surface area contributed by atoms with E-state index in [9.17, 15) is 23.7 Å². The highest BCUT2D eigenvalue weighted by molar-refractivity contribution is 5.93. The predicted octanol–water partition coefficient (Wildman–Crippen LogP) is 3.33. The molecule has 1 amide bonds. The zero-order chi connectivity index (χ0) is 21.6. The zero-order valence-electron chi connectivity index (χ0n) is 15.9. The third-order valence-corrected chi connectivity index (χ3v) is 3.98. The van der Waals surface area contributed by atoms with Crippen LogP contribution in [-0.4, -0.2) is 36.0 Å². The molecule has 0 aliphatic carbocycles. The van der Waals surface area contributed by atoms with Crippen molar-refractivity contribution in [3.63, 3.8) is 0 Å². The highest BCUT2D eigenvalue weighted by Gasteiger charge is 2.18. The van der Waals surface area contributed by atoms with Crippen molar-refractivity contribution in [3.8, 4) is 11.5 Å². The van der Waals surface area contributed by atoms with E-state index < -0.39 is 17.4 Å². The molecule has 0 heterocycles. The fourth-order valence-corrected chi connectivity index (χ4v) is 2.79. The van der Waals surface area contributed by atoms with Crippen LogP contribution in [0.4, 0.5) is 14.5 Å². The lowest BCUT2D eigenvalue weighted by atomic mass is 10.1. The SMILES string of the molecule is CCOc1cc(CN(C)Cc2ccc(C(N)=O)cc2[N+](=O)[O-])ccc1OC(F)F. The largest absolute Gasteiger partial charge is 0.490 e. The lowest BCUT2D eigenvalue weighted by molar-refractivity contribution is -0.385. The number of rotatable bonds is 10. The Morgan fingerprint density at radius 1 is 1.21 bits per heavy atom. The Bertz CT molecular complexity index is 892. The third kappa shape index (κ3) is 6.11. The molecule has 0 unspecified atom stereocenters. The van der Waals surface area contributed by atoms with Crippen LogP contribution in [0.2, 0.25) is 0 Å². The molecule has 0 bridgehead atoms. The number of nitrogens with two attached hydrogens (primary N) is 1. The first-order valence-electron chi connectivity index (χ1n) is 8.67. The maximum atomic E-state index is 12.5. The van der Waals surface area contributed by atoms with Gasteiger partial charge in [0.15, 0.2) is 11.5 Å². The average molecular weight is 409 g/mol. The van der Waals surface area contributed by atoms with Crippen molar-refractivity contribution in [1.82, 2.24) is 4.90 Å². The van der Waals surface area contributed by atoms with Crippen LogP contribution >= 0.6 is 0 Å². The van der Waals surface area contributed by atoms with E-state index in [0.29, 0.717) is 12.1 Å². The fourth-order valence-electron chi connectivity index (χ4n) is 2.79. The summed E-state index contributed by atoms with van der Waals surface area (Å²) in [6.45, 7) is -0.387. The number of carbonyl (C=O) groups is 1. The van der Waals surface area contributed by atoms with Crippen LogP contribution in [0.15, 0.2) is 36.4 Å². The van der Waals surface area contributed by atoms with E-state index in [0.717, 1.165) is 11.6 Å². The topological polar surface area (TPSA) is 108 Å². The number of amides is 1. The van der Waals surface area contributed by atoms with E-state index in [-0.39, 0.29) is 35.9 Å². The molecule has 156 valence electrons. The van der Waals surface area contributed by atoms with Crippen molar-refractivity contribution in [1.29, 1.82) is 0 Å². The van der Waals surface area contributed by atoms with Crippen molar-refractivity contribution < 1.29 is 28.0 Å². The first kappa shape index (κ1) is 22.0. The van der Waals surface area contributed by atoms with Gasteiger partial charge >= 0.3 is 6.61 Å². The first-order chi connectivity index (χ1) is 13.7. The van der Waals surface area contributed by atoms with Crippen LogP contribution in [0, 0.1) is 10.1 Å². The molecule has 29 heavy (non-hydrogen) atoms. The Hall–Kier alpha value is -3.27. The van der Waals surface area contributed by atoms with E-state index in [4.69, 9.17) is 10.5 Å². The highest BCUT2D eigenvalue weighted by Crippen LogP contribution is 2.30. The number of hydrogen-bond acceptors (Lipinski definition) is 6. The number of hydrogen-bond donors (Lipinski definition) is 1. The number of halogens is 2. The molecule has 8 nitrogen and oxygen atoms in total. The third-order valence-electron chi connectivity index (χ3n) is 3.98. The van der Waals surface area contributed by atoms with Gasteiger partial charge in [0.1, 0.15) is 0 Å². The molecule has 10 heteroatoms. The maximum absolute atomic E-state index is 12.5. The Morgan fingerprint density at radius 3 is 2.52 bits per heavy atom. The smallest absolute Gasteiger partial charge is 0.387 e. The lowest BCUT2D eigenvalue weighted by Crippen LogP contribution is -2.19. The van der Waals surface area contributed by atoms with Crippen molar-refractivity contribution in [2.45, 2.75) is 26.6 Å². The van der Waals surface area contributed by atoms with Crippen LogP contribution in [-0.2, 0) is 13.1 Å². The summed E-state index contributed by atoms with van der Waals surface area (Å²) in [5, 5.41) is 11.3. The quantitative estimate of drug-likeness (QED) is 0.476. The lowest BCUT2D eigenvalue weighted by Gasteiger charge is -2.18. The summed E-state index contributed by atoms with van der Waals surface area (Å²) in [6.07, 6.45) is 0. The number of ether oxygens (including phenoxy) is 2. The van der Waals surface area contributed by atoms with Crippen LogP contribution in [0.1, 0.15) is 28.4 Å². The molecule has 0 spiro atoms. The number of nitro benzene ring substituents is 1. The van der Waals surface area contributed by atoms with Crippen molar-refractivity contribution in [3.05, 3.63) is 63.2 Å². The van der Waals surface area contributed by atoms with Gasteiger partial charge in [-0.3, -0.25) is 19.8 Å². The summed E-state index contributed by atoms with van der Waals surface area (Å²) in [5.74, 6) is -0.621. The summed E-state index contributed by atoms with van der Waals surface area (Å²) in [6, 6.07) is 8.66. The summed E-state index contributed by atoms with van der Waals surface area (Å²) in [5.41, 5.74) is 6.18. The molecule has 0 radical (unpaired) electrons. The van der Waals surface area contributed by atoms with Crippen LogP contribution in [0.5, 0.6) is 11.5 Å². The molecule has 0 atom stereocenters. The molecule has 0 saturated heterocycles. The Balaban J connectivity index is 2.18. The minimum Gasteiger partial charge on any atom is -0.490 e. The van der Waals surface area contributed by atoms with Gasteiger partial charge in [0, 0.05) is 30.3 Å². The van der Waals surface area contributed by atoms with Crippen molar-refractivity contribution >= 4 is 11.6 Å². The highest BCUT2D eigenvalue weighted by atomic mass is 19.3. The fraction of sp³-hybridized carbons (Fsp3) is 0.316. The van der Waals surface area contributed by atoms with Crippen molar-refractivity contribution in [2.24, 2.45) is 5.73 Å². The molecular weight excluding hydrogens is 388 g/mol. The Morgan fingerprint density at radius 2 is 1.93 bits per heavy atom. The Labute approximate surface area is 166 Å². The second-order valence-corrected chi connectivity index (χ2v) is 6.23. The van der Waals surface area contributed by atoms with Crippen molar-refractivity contribution in [2.75, 3.05) is 13.7 Å². The van der Waals surface area contributed by atoms with Gasteiger partial charge in [-0.25, -0.2) is 0 Å². The predicted molar refractivity (Wildman–Crippen MR) is 101 cm³/mol. The average Bonchev–Trinajstić information content (AvgIpc) is 2.63. The summed E-state index contributed by atoms with van der Waals surface area (Å²) >= 11 is 0. The summed E-state index contributed by atoms with van der Waals surface area (Å²) in [4.78, 5) is 23.8. The number of primary amides is 1. The monoisotopic (exact) mass is 409 g/mol. The van der Waals surface area contributed by atoms with Crippen LogP contribution in [0.25, 0.3) is 0 Å². The molecule has 2 rings (SSSR count). The number of nitro groups is 1. The van der Waals surface area contributed by atoms with Gasteiger partial charge < -0.3 is 15.2 Å². The van der Waals surface area contributed by atoms with Gasteiger partial charge in [0.2, 0.25) is 5.91 Å². The summed E-state index contributed by atoms with van der Waals surface area (Å²) in [7, 11) is 1.75. The number of alkyl halides is 2. The molecule has 2 aromatic carbocycles. The second-order valence-electron chi connectivity index (χ2n) is 6.23. The van der Waals surface area contributed by atoms with E-state index in [2.05, 4.69) is 4.74 Å². The first-order valence-corrected chi connectivity index (χ1v) is 8.67. The van der Waals surface area contributed by atoms with Gasteiger partial charge in [-0.15, -0.1) is 0 Å². The number of carbonyl (C=O) groups excluding carboxylic acids is 1. The minimum atomic E-state index is -2.97. The number of benzene rings is 2. The molecule has 0 saturated carbocycles.